The number of rotatable bonds is 5. The molecule has 2 aromatic rings. The van der Waals surface area contributed by atoms with Crippen molar-refractivity contribution in [1.82, 2.24) is 5.32 Å². The van der Waals surface area contributed by atoms with Gasteiger partial charge in [-0.3, -0.25) is 0 Å². The molecule has 144 valence electrons. The van der Waals surface area contributed by atoms with Crippen molar-refractivity contribution in [2.45, 2.75) is 38.1 Å². The number of ether oxygens (including phenoxy) is 2. The van der Waals surface area contributed by atoms with Crippen LogP contribution < -0.4 is 15.4 Å². The van der Waals surface area contributed by atoms with Crippen LogP contribution >= 0.6 is 0 Å². The maximum Gasteiger partial charge on any atom is 0.407 e. The molecule has 0 saturated heterocycles. The first kappa shape index (κ1) is 19.0. The van der Waals surface area contributed by atoms with Gasteiger partial charge < -0.3 is 25.2 Å². The van der Waals surface area contributed by atoms with E-state index < -0.39 is 23.9 Å². The standard InChI is InChI=1S/C21H26N2O4/c1-21(2)19(24)18(16-10-9-15(22-3)13-17(16)27-21)26-20(25)23-12-11-14-7-5-4-6-8-14/h4-10,13,18-19,22,24H,11-12H2,1-3H3,(H,23,25)/t18-,19+/m0/s1. The summed E-state index contributed by atoms with van der Waals surface area (Å²) in [5.74, 6) is 0.597. The predicted molar refractivity (Wildman–Crippen MR) is 104 cm³/mol. The van der Waals surface area contributed by atoms with Crippen LogP contribution in [0.15, 0.2) is 48.5 Å². The zero-order chi connectivity index (χ0) is 19.4. The van der Waals surface area contributed by atoms with Gasteiger partial charge in [0.25, 0.3) is 0 Å². The van der Waals surface area contributed by atoms with Crippen molar-refractivity contribution in [3.05, 3.63) is 59.7 Å². The number of alkyl carbamates (subject to hydrolysis) is 1. The molecule has 6 nitrogen and oxygen atoms in total. The highest BCUT2D eigenvalue weighted by Gasteiger charge is 2.45. The maximum absolute atomic E-state index is 12.3. The molecule has 3 N–H and O–H groups in total. The third-order valence-electron chi connectivity index (χ3n) is 4.74. The highest BCUT2D eigenvalue weighted by atomic mass is 16.6. The number of nitrogens with one attached hydrogen (secondary N) is 2. The first-order valence-corrected chi connectivity index (χ1v) is 9.08. The summed E-state index contributed by atoms with van der Waals surface area (Å²) in [6, 6.07) is 15.4. The van der Waals surface area contributed by atoms with Crippen molar-refractivity contribution in [3.8, 4) is 5.75 Å². The quantitative estimate of drug-likeness (QED) is 0.753. The Morgan fingerprint density at radius 3 is 2.67 bits per heavy atom. The van der Waals surface area contributed by atoms with Crippen molar-refractivity contribution in [3.63, 3.8) is 0 Å². The topological polar surface area (TPSA) is 79.8 Å². The highest BCUT2D eigenvalue weighted by Crippen LogP contribution is 2.42. The molecular formula is C21H26N2O4. The van der Waals surface area contributed by atoms with Crippen LogP contribution in [0.5, 0.6) is 5.75 Å². The maximum atomic E-state index is 12.3. The van der Waals surface area contributed by atoms with Crippen molar-refractivity contribution >= 4 is 11.8 Å². The number of aliphatic hydroxyl groups is 1. The second kappa shape index (κ2) is 7.88. The molecular weight excluding hydrogens is 344 g/mol. The number of amides is 1. The number of benzene rings is 2. The highest BCUT2D eigenvalue weighted by molar-refractivity contribution is 5.68. The fraction of sp³-hybridized carbons (Fsp3) is 0.381. The Hall–Kier alpha value is -2.73. The number of carbonyl (C=O) groups excluding carboxylic acids is 1. The van der Waals surface area contributed by atoms with E-state index >= 15 is 0 Å². The minimum absolute atomic E-state index is 0.455. The van der Waals surface area contributed by atoms with Crippen LogP contribution in [-0.4, -0.2) is 36.5 Å². The number of aliphatic hydroxyl groups excluding tert-OH is 1. The molecule has 1 aliphatic heterocycles. The van der Waals surface area contributed by atoms with Gasteiger partial charge in [0.05, 0.1) is 0 Å². The molecule has 2 aromatic carbocycles. The van der Waals surface area contributed by atoms with Crippen LogP contribution in [-0.2, 0) is 11.2 Å². The van der Waals surface area contributed by atoms with Crippen LogP contribution in [0.1, 0.15) is 31.1 Å². The fourth-order valence-electron chi connectivity index (χ4n) is 3.13. The van der Waals surface area contributed by atoms with Gasteiger partial charge in [-0.15, -0.1) is 0 Å². The number of anilines is 1. The van der Waals surface area contributed by atoms with Crippen LogP contribution in [0.4, 0.5) is 10.5 Å². The van der Waals surface area contributed by atoms with Gasteiger partial charge in [-0.1, -0.05) is 30.3 Å². The van der Waals surface area contributed by atoms with E-state index in [1.54, 1.807) is 13.8 Å². The monoisotopic (exact) mass is 370 g/mol. The Kier molecular flexibility index (Phi) is 5.56. The normalized spacial score (nSPS) is 20.1. The van der Waals surface area contributed by atoms with Crippen LogP contribution in [0.25, 0.3) is 0 Å². The molecule has 2 atom stereocenters. The number of fused-ring (bicyclic) bond motifs is 1. The van der Waals surface area contributed by atoms with E-state index in [-0.39, 0.29) is 0 Å². The Bertz CT molecular complexity index is 792. The van der Waals surface area contributed by atoms with Gasteiger partial charge in [0.1, 0.15) is 17.5 Å². The van der Waals surface area contributed by atoms with Crippen LogP contribution in [0.2, 0.25) is 0 Å². The molecule has 3 rings (SSSR count). The smallest absolute Gasteiger partial charge is 0.407 e. The number of hydrogen-bond donors (Lipinski definition) is 3. The molecule has 0 aromatic heterocycles. The predicted octanol–water partition coefficient (Wildman–Crippen LogP) is 3.27. The molecule has 6 heteroatoms. The van der Waals surface area contributed by atoms with E-state index in [0.717, 1.165) is 11.3 Å². The van der Waals surface area contributed by atoms with Gasteiger partial charge in [-0.05, 0) is 38.0 Å². The SMILES string of the molecule is CNc1ccc2c(c1)OC(C)(C)[C@H](O)[C@H]2OC(=O)NCCc1ccccc1. The molecule has 1 amide bonds. The number of hydrogen-bond acceptors (Lipinski definition) is 5. The second-order valence-electron chi connectivity index (χ2n) is 7.14. The number of carbonyl (C=O) groups is 1. The lowest BCUT2D eigenvalue weighted by Gasteiger charge is -2.41. The minimum atomic E-state index is -0.981. The average Bonchev–Trinajstić information content (AvgIpc) is 2.65. The van der Waals surface area contributed by atoms with Gasteiger partial charge >= 0.3 is 6.09 Å². The summed E-state index contributed by atoms with van der Waals surface area (Å²) in [5, 5.41) is 16.5. The zero-order valence-electron chi connectivity index (χ0n) is 15.9. The molecule has 0 unspecified atom stereocenters. The lowest BCUT2D eigenvalue weighted by atomic mass is 9.88. The van der Waals surface area contributed by atoms with Crippen LogP contribution in [0.3, 0.4) is 0 Å². The lowest BCUT2D eigenvalue weighted by molar-refractivity contribution is -0.113. The van der Waals surface area contributed by atoms with Gasteiger partial charge in [0, 0.05) is 30.9 Å². The molecule has 27 heavy (non-hydrogen) atoms. The summed E-state index contributed by atoms with van der Waals surface area (Å²) in [6.07, 6.45) is -1.63. The average molecular weight is 370 g/mol. The molecule has 0 aliphatic carbocycles. The van der Waals surface area contributed by atoms with E-state index in [0.29, 0.717) is 24.3 Å². The molecule has 1 aliphatic rings. The fourth-order valence-corrected chi connectivity index (χ4v) is 3.13. The van der Waals surface area contributed by atoms with E-state index in [4.69, 9.17) is 9.47 Å². The molecule has 0 saturated carbocycles. The van der Waals surface area contributed by atoms with E-state index in [1.807, 2.05) is 55.6 Å². The summed E-state index contributed by atoms with van der Waals surface area (Å²) >= 11 is 0. The summed E-state index contributed by atoms with van der Waals surface area (Å²) in [7, 11) is 1.82. The van der Waals surface area contributed by atoms with Crippen molar-refractivity contribution in [2.24, 2.45) is 0 Å². The second-order valence-corrected chi connectivity index (χ2v) is 7.14. The summed E-state index contributed by atoms with van der Waals surface area (Å²) in [4.78, 5) is 12.3. The Labute approximate surface area is 159 Å². The van der Waals surface area contributed by atoms with Gasteiger partial charge in [-0.2, -0.15) is 0 Å². The molecule has 0 bridgehead atoms. The zero-order valence-corrected chi connectivity index (χ0v) is 15.9. The van der Waals surface area contributed by atoms with Crippen molar-refractivity contribution < 1.29 is 19.4 Å². The van der Waals surface area contributed by atoms with Gasteiger partial charge in [-0.25, -0.2) is 4.79 Å². The molecule has 0 fully saturated rings. The largest absolute Gasteiger partial charge is 0.484 e. The lowest BCUT2D eigenvalue weighted by Crippen LogP contribution is -2.50. The molecule has 0 radical (unpaired) electrons. The summed E-state index contributed by atoms with van der Waals surface area (Å²) in [6.45, 7) is 4.00. The van der Waals surface area contributed by atoms with Gasteiger partial charge in [0.15, 0.2) is 6.10 Å². The third-order valence-corrected chi connectivity index (χ3v) is 4.74. The van der Waals surface area contributed by atoms with Crippen molar-refractivity contribution in [2.75, 3.05) is 18.9 Å². The van der Waals surface area contributed by atoms with Crippen LogP contribution in [0, 0.1) is 0 Å². The first-order valence-electron chi connectivity index (χ1n) is 9.08. The third kappa shape index (κ3) is 4.34. The summed E-state index contributed by atoms with van der Waals surface area (Å²) < 4.78 is 11.5. The van der Waals surface area contributed by atoms with Gasteiger partial charge in [0.2, 0.25) is 0 Å². The molecule has 0 spiro atoms. The van der Waals surface area contributed by atoms with E-state index in [2.05, 4.69) is 10.6 Å². The minimum Gasteiger partial charge on any atom is -0.484 e. The first-order chi connectivity index (χ1) is 12.9. The summed E-state index contributed by atoms with van der Waals surface area (Å²) in [5.41, 5.74) is 1.79. The van der Waals surface area contributed by atoms with E-state index in [1.165, 1.54) is 0 Å². The molecule has 1 heterocycles. The Morgan fingerprint density at radius 1 is 1.22 bits per heavy atom. The van der Waals surface area contributed by atoms with E-state index in [9.17, 15) is 9.90 Å². The Morgan fingerprint density at radius 2 is 1.96 bits per heavy atom. The van der Waals surface area contributed by atoms with Crippen molar-refractivity contribution in [1.29, 1.82) is 0 Å². The Balaban J connectivity index is 1.68.